The molecule has 5 atom stereocenters. The minimum absolute atomic E-state index is 0.0601. The Morgan fingerprint density at radius 1 is 1.15 bits per heavy atom. The van der Waals surface area contributed by atoms with Crippen LogP contribution in [0.5, 0.6) is 11.6 Å². The SMILES string of the molecule is Cc1cc(OCCNC(=O)NC(C)(CO)CO)ccc1Cc1c(O[C@@H]2O[C@H](CO)[C@@H](O)[C@H](O)[C@H]2O)n[nH]c1C(C)C. The van der Waals surface area contributed by atoms with Gasteiger partial charge in [-0.3, -0.25) is 5.10 Å². The van der Waals surface area contributed by atoms with Crippen LogP contribution >= 0.6 is 0 Å². The van der Waals surface area contributed by atoms with Gasteiger partial charge in [0.05, 0.1) is 31.9 Å². The summed E-state index contributed by atoms with van der Waals surface area (Å²) in [7, 11) is 0. The molecule has 3 rings (SSSR count). The van der Waals surface area contributed by atoms with Crippen LogP contribution in [0.4, 0.5) is 4.79 Å². The molecule has 0 saturated carbocycles. The lowest BCUT2D eigenvalue weighted by Gasteiger charge is -2.39. The molecule has 1 aliphatic rings. The summed E-state index contributed by atoms with van der Waals surface area (Å²) >= 11 is 0. The van der Waals surface area contributed by atoms with Gasteiger partial charge in [-0.25, -0.2) is 4.79 Å². The number of aliphatic hydroxyl groups is 6. The molecular weight excluding hydrogens is 540 g/mol. The zero-order valence-corrected chi connectivity index (χ0v) is 23.7. The topological polar surface area (TPSA) is 219 Å². The third-order valence-electron chi connectivity index (χ3n) is 6.97. The Bertz CT molecular complexity index is 1140. The number of amides is 2. The van der Waals surface area contributed by atoms with E-state index in [0.29, 0.717) is 12.2 Å². The highest BCUT2D eigenvalue weighted by Gasteiger charge is 2.45. The number of nitrogens with zero attached hydrogens (tertiary/aromatic N) is 1. The lowest BCUT2D eigenvalue weighted by molar-refractivity contribution is -0.278. The molecule has 14 heteroatoms. The number of aromatic nitrogens is 2. The van der Waals surface area contributed by atoms with Gasteiger partial charge in [0.25, 0.3) is 0 Å². The number of hydrogen-bond acceptors (Lipinski definition) is 11. The van der Waals surface area contributed by atoms with Gasteiger partial charge in [-0.1, -0.05) is 19.9 Å². The second kappa shape index (κ2) is 14.3. The Labute approximate surface area is 238 Å². The average Bonchev–Trinajstić information content (AvgIpc) is 3.34. The number of ether oxygens (including phenoxy) is 3. The summed E-state index contributed by atoms with van der Waals surface area (Å²) in [5.41, 5.74) is 2.28. The number of benzene rings is 1. The van der Waals surface area contributed by atoms with E-state index in [0.717, 1.165) is 22.4 Å². The van der Waals surface area contributed by atoms with Gasteiger partial charge in [-0.15, -0.1) is 5.10 Å². The predicted molar refractivity (Wildman–Crippen MR) is 146 cm³/mol. The molecule has 0 aliphatic carbocycles. The van der Waals surface area contributed by atoms with Gasteiger partial charge in [-0.05, 0) is 43.0 Å². The van der Waals surface area contributed by atoms with Crippen molar-refractivity contribution < 1.29 is 49.6 Å². The summed E-state index contributed by atoms with van der Waals surface area (Å²) < 4.78 is 17.1. The molecular formula is C27H42N4O10. The van der Waals surface area contributed by atoms with Gasteiger partial charge >= 0.3 is 6.03 Å². The van der Waals surface area contributed by atoms with Crippen molar-refractivity contribution in [3.8, 4) is 11.6 Å². The first kappa shape index (κ1) is 32.5. The minimum atomic E-state index is -1.57. The highest BCUT2D eigenvalue weighted by atomic mass is 16.7. The summed E-state index contributed by atoms with van der Waals surface area (Å²) in [6.07, 6.45) is -6.68. The summed E-state index contributed by atoms with van der Waals surface area (Å²) in [5.74, 6) is 0.823. The monoisotopic (exact) mass is 582 g/mol. The zero-order chi connectivity index (χ0) is 30.3. The number of H-pyrrole nitrogens is 1. The van der Waals surface area contributed by atoms with E-state index in [1.807, 2.05) is 32.9 Å². The van der Waals surface area contributed by atoms with Crippen molar-refractivity contribution in [2.45, 2.75) is 76.3 Å². The van der Waals surface area contributed by atoms with Crippen LogP contribution in [-0.4, -0.2) is 116 Å². The molecule has 41 heavy (non-hydrogen) atoms. The van der Waals surface area contributed by atoms with Crippen molar-refractivity contribution in [2.75, 3.05) is 33.0 Å². The minimum Gasteiger partial charge on any atom is -0.492 e. The van der Waals surface area contributed by atoms with E-state index in [9.17, 15) is 35.4 Å². The fourth-order valence-corrected chi connectivity index (χ4v) is 4.31. The Morgan fingerprint density at radius 3 is 2.46 bits per heavy atom. The molecule has 0 bridgehead atoms. The number of aromatic amines is 1. The molecule has 2 heterocycles. The summed E-state index contributed by atoms with van der Waals surface area (Å²) in [4.78, 5) is 12.0. The molecule has 14 nitrogen and oxygen atoms in total. The van der Waals surface area contributed by atoms with Gasteiger partial charge in [0.2, 0.25) is 12.2 Å². The highest BCUT2D eigenvalue weighted by molar-refractivity contribution is 5.74. The third kappa shape index (κ3) is 8.07. The molecule has 1 saturated heterocycles. The summed E-state index contributed by atoms with van der Waals surface area (Å²) in [5, 5.41) is 71.0. The van der Waals surface area contributed by atoms with Crippen LogP contribution in [0.25, 0.3) is 0 Å². The van der Waals surface area contributed by atoms with Crippen LogP contribution in [0.2, 0.25) is 0 Å². The van der Waals surface area contributed by atoms with Crippen molar-refractivity contribution in [1.29, 1.82) is 0 Å². The first-order valence-corrected chi connectivity index (χ1v) is 13.5. The van der Waals surface area contributed by atoms with E-state index in [4.69, 9.17) is 14.2 Å². The van der Waals surface area contributed by atoms with Gasteiger partial charge < -0.3 is 55.5 Å². The quantitative estimate of drug-likeness (QED) is 0.131. The molecule has 2 aromatic rings. The number of hydrogen-bond donors (Lipinski definition) is 9. The first-order valence-electron chi connectivity index (χ1n) is 13.5. The van der Waals surface area contributed by atoms with Gasteiger partial charge in [0, 0.05) is 17.7 Å². The van der Waals surface area contributed by atoms with Crippen molar-refractivity contribution in [1.82, 2.24) is 20.8 Å². The Balaban J connectivity index is 1.65. The fraction of sp³-hybridized carbons (Fsp3) is 0.630. The molecule has 0 unspecified atom stereocenters. The normalized spacial score (nSPS) is 23.0. The largest absolute Gasteiger partial charge is 0.492 e. The molecule has 2 amide bonds. The van der Waals surface area contributed by atoms with Crippen molar-refractivity contribution in [3.05, 3.63) is 40.6 Å². The molecule has 1 aromatic carbocycles. The van der Waals surface area contributed by atoms with E-state index in [1.54, 1.807) is 6.07 Å². The van der Waals surface area contributed by atoms with Crippen molar-refractivity contribution in [2.24, 2.45) is 0 Å². The van der Waals surface area contributed by atoms with Crippen LogP contribution in [-0.2, 0) is 11.2 Å². The maximum absolute atomic E-state index is 12.0. The second-order valence-electron chi connectivity index (χ2n) is 10.8. The third-order valence-corrected chi connectivity index (χ3v) is 6.97. The Hall–Kier alpha value is -2.98. The first-order chi connectivity index (χ1) is 19.4. The molecule has 9 N–H and O–H groups in total. The number of nitrogens with one attached hydrogen (secondary N) is 3. The number of rotatable bonds is 13. The van der Waals surface area contributed by atoms with Crippen LogP contribution in [0, 0.1) is 6.92 Å². The van der Waals surface area contributed by atoms with Crippen LogP contribution < -0.4 is 20.1 Å². The number of carbonyl (C=O) groups excluding carboxylic acids is 1. The van der Waals surface area contributed by atoms with Crippen LogP contribution in [0.1, 0.15) is 49.1 Å². The zero-order valence-electron chi connectivity index (χ0n) is 23.7. The Kier molecular flexibility index (Phi) is 11.3. The van der Waals surface area contributed by atoms with Crippen LogP contribution in [0.3, 0.4) is 0 Å². The van der Waals surface area contributed by atoms with Crippen molar-refractivity contribution in [3.63, 3.8) is 0 Å². The lowest BCUT2D eigenvalue weighted by atomic mass is 9.96. The molecule has 1 aliphatic heterocycles. The number of urea groups is 1. The number of aryl methyl sites for hydroxylation is 1. The van der Waals surface area contributed by atoms with E-state index < -0.39 is 62.1 Å². The van der Waals surface area contributed by atoms with Gasteiger partial charge in [0.15, 0.2) is 0 Å². The van der Waals surface area contributed by atoms with Crippen molar-refractivity contribution >= 4 is 6.03 Å². The molecule has 0 spiro atoms. The molecule has 230 valence electrons. The number of carbonyl (C=O) groups is 1. The van der Waals surface area contributed by atoms with Crippen LogP contribution in [0.15, 0.2) is 18.2 Å². The van der Waals surface area contributed by atoms with Gasteiger partial charge in [-0.2, -0.15) is 0 Å². The molecule has 1 fully saturated rings. The average molecular weight is 583 g/mol. The molecule has 1 aromatic heterocycles. The maximum atomic E-state index is 12.0. The van der Waals surface area contributed by atoms with E-state index in [-0.39, 0.29) is 24.9 Å². The van der Waals surface area contributed by atoms with E-state index >= 15 is 0 Å². The van der Waals surface area contributed by atoms with E-state index in [2.05, 4.69) is 20.8 Å². The second-order valence-corrected chi connectivity index (χ2v) is 10.8. The summed E-state index contributed by atoms with van der Waals surface area (Å²) in [6.45, 7) is 6.43. The Morgan fingerprint density at radius 2 is 1.85 bits per heavy atom. The number of aliphatic hydroxyl groups excluding tert-OH is 6. The van der Waals surface area contributed by atoms with Gasteiger partial charge in [0.1, 0.15) is 36.8 Å². The fourth-order valence-electron chi connectivity index (χ4n) is 4.31. The smallest absolute Gasteiger partial charge is 0.315 e. The van der Waals surface area contributed by atoms with E-state index in [1.165, 1.54) is 6.92 Å². The highest BCUT2D eigenvalue weighted by Crippen LogP contribution is 2.32. The lowest BCUT2D eigenvalue weighted by Crippen LogP contribution is -2.60. The summed E-state index contributed by atoms with van der Waals surface area (Å²) in [6, 6.07) is 5.02. The predicted octanol–water partition coefficient (Wildman–Crippen LogP) is -0.968. The standard InChI is InChI=1S/C27H42N4O10/c1-14(2)20-18(24(31-30-20)41-25-23(37)22(36)21(35)19(11-32)40-25)10-16-5-6-17(9-15(16)3)39-8-7-28-26(38)29-27(4,12-33)13-34/h5-6,9,14,19,21-23,25,32-37H,7-8,10-13H2,1-4H3,(H,30,31)(H2,28,29,38)/t19-,21-,22+,23-,25+/m1/s1. The maximum Gasteiger partial charge on any atom is 0.315 e. The molecule has 0 radical (unpaired) electrons.